The van der Waals surface area contributed by atoms with E-state index in [0.29, 0.717) is 17.9 Å². The smallest absolute Gasteiger partial charge is 0.318 e. The van der Waals surface area contributed by atoms with E-state index in [1.165, 1.54) is 25.7 Å². The molecule has 1 aliphatic carbocycles. The van der Waals surface area contributed by atoms with Crippen molar-refractivity contribution in [2.45, 2.75) is 44.5 Å². The highest BCUT2D eigenvalue weighted by atomic mass is 35.5. The summed E-state index contributed by atoms with van der Waals surface area (Å²) in [5.74, 6) is 1.56. The van der Waals surface area contributed by atoms with Crippen LogP contribution in [0.3, 0.4) is 0 Å². The van der Waals surface area contributed by atoms with Crippen LogP contribution in [0.5, 0.6) is 0 Å². The molecule has 0 bridgehead atoms. The minimum atomic E-state index is 0.280. The topological polar surface area (TPSA) is 42.2 Å². The van der Waals surface area contributed by atoms with Gasteiger partial charge in [0.1, 0.15) is 5.88 Å². The Balaban J connectivity index is 2.02. The molecule has 0 amide bonds. The third kappa shape index (κ3) is 2.48. The van der Waals surface area contributed by atoms with Gasteiger partial charge in [0.25, 0.3) is 0 Å². The molecule has 5 heteroatoms. The lowest BCUT2D eigenvalue weighted by atomic mass is 9.86. The van der Waals surface area contributed by atoms with Crippen LogP contribution in [0.15, 0.2) is 4.42 Å². The van der Waals surface area contributed by atoms with Crippen molar-refractivity contribution in [2.75, 3.05) is 11.9 Å². The summed E-state index contributed by atoms with van der Waals surface area (Å²) in [5.41, 5.74) is 0. The first kappa shape index (κ1) is 11.7. The van der Waals surface area contributed by atoms with Crippen LogP contribution in [-0.4, -0.2) is 23.3 Å². The molecule has 0 saturated heterocycles. The molecule has 1 aromatic rings. The summed E-state index contributed by atoms with van der Waals surface area (Å²) in [4.78, 5) is 2.10. The van der Waals surface area contributed by atoms with E-state index in [0.717, 1.165) is 5.92 Å². The van der Waals surface area contributed by atoms with E-state index >= 15 is 0 Å². The predicted octanol–water partition coefficient (Wildman–Crippen LogP) is 2.82. The van der Waals surface area contributed by atoms with Gasteiger partial charge in [-0.05, 0) is 18.8 Å². The third-order valence-corrected chi connectivity index (χ3v) is 3.56. The fourth-order valence-electron chi connectivity index (χ4n) is 2.35. The molecule has 0 N–H and O–H groups in total. The third-order valence-electron chi connectivity index (χ3n) is 3.33. The summed E-state index contributed by atoms with van der Waals surface area (Å²) in [7, 11) is 2.02. The van der Waals surface area contributed by atoms with E-state index in [2.05, 4.69) is 22.0 Å². The van der Waals surface area contributed by atoms with Gasteiger partial charge in [0.15, 0.2) is 0 Å². The van der Waals surface area contributed by atoms with Crippen molar-refractivity contribution in [1.82, 2.24) is 10.2 Å². The second-order valence-electron chi connectivity index (χ2n) is 4.65. The monoisotopic (exact) mass is 243 g/mol. The van der Waals surface area contributed by atoms with E-state index in [1.54, 1.807) is 0 Å². The van der Waals surface area contributed by atoms with E-state index in [1.807, 2.05) is 7.05 Å². The van der Waals surface area contributed by atoms with Gasteiger partial charge in [-0.25, -0.2) is 0 Å². The van der Waals surface area contributed by atoms with Crippen LogP contribution in [-0.2, 0) is 5.88 Å². The molecular weight excluding hydrogens is 226 g/mol. The highest BCUT2D eigenvalue weighted by molar-refractivity contribution is 6.16. The van der Waals surface area contributed by atoms with Crippen molar-refractivity contribution in [3.8, 4) is 0 Å². The number of hydrogen-bond acceptors (Lipinski definition) is 4. The Hall–Kier alpha value is -0.770. The Morgan fingerprint density at radius 1 is 1.44 bits per heavy atom. The summed E-state index contributed by atoms with van der Waals surface area (Å²) < 4.78 is 5.45. The van der Waals surface area contributed by atoms with Crippen LogP contribution >= 0.6 is 11.6 Å². The first-order valence-corrected chi connectivity index (χ1v) is 6.35. The number of hydrogen-bond donors (Lipinski definition) is 0. The highest BCUT2D eigenvalue weighted by Crippen LogP contribution is 2.29. The number of nitrogens with zero attached hydrogens (tertiary/aromatic N) is 3. The SMILES string of the molecule is CC1CCCC(N(C)c2nnc(CCl)o2)C1. The molecule has 4 nitrogen and oxygen atoms in total. The number of halogens is 1. The van der Waals surface area contributed by atoms with Gasteiger partial charge in [0.2, 0.25) is 5.89 Å². The summed E-state index contributed by atoms with van der Waals surface area (Å²) in [6.45, 7) is 2.30. The molecule has 1 saturated carbocycles. The fourth-order valence-corrected chi connectivity index (χ4v) is 2.46. The zero-order valence-electron chi connectivity index (χ0n) is 9.82. The number of anilines is 1. The predicted molar refractivity (Wildman–Crippen MR) is 63.7 cm³/mol. The van der Waals surface area contributed by atoms with E-state index in [9.17, 15) is 0 Å². The second kappa shape index (κ2) is 5.04. The first-order chi connectivity index (χ1) is 7.70. The van der Waals surface area contributed by atoms with Crippen LogP contribution in [0.2, 0.25) is 0 Å². The first-order valence-electron chi connectivity index (χ1n) is 5.82. The Morgan fingerprint density at radius 3 is 2.88 bits per heavy atom. The van der Waals surface area contributed by atoms with Crippen molar-refractivity contribution in [3.63, 3.8) is 0 Å². The van der Waals surface area contributed by atoms with Gasteiger partial charge in [-0.1, -0.05) is 24.9 Å². The van der Waals surface area contributed by atoms with Crippen LogP contribution in [0.1, 0.15) is 38.5 Å². The normalized spacial score (nSPS) is 25.7. The van der Waals surface area contributed by atoms with Gasteiger partial charge in [-0.15, -0.1) is 16.7 Å². The Morgan fingerprint density at radius 2 is 2.25 bits per heavy atom. The minimum absolute atomic E-state index is 0.280. The molecule has 0 radical (unpaired) electrons. The fraction of sp³-hybridized carbons (Fsp3) is 0.818. The zero-order chi connectivity index (χ0) is 11.5. The molecule has 1 aliphatic rings. The van der Waals surface area contributed by atoms with Crippen LogP contribution < -0.4 is 4.90 Å². The molecule has 0 aromatic carbocycles. The summed E-state index contributed by atoms with van der Waals surface area (Å²) in [6, 6.07) is 1.11. The van der Waals surface area contributed by atoms with Gasteiger partial charge in [0, 0.05) is 13.1 Å². The highest BCUT2D eigenvalue weighted by Gasteiger charge is 2.25. The molecule has 2 atom stereocenters. The number of aromatic nitrogens is 2. The molecule has 0 aliphatic heterocycles. The Labute approximate surface area is 101 Å². The average Bonchev–Trinajstić information content (AvgIpc) is 2.76. The number of rotatable bonds is 3. The Bertz CT molecular complexity index is 342. The number of alkyl halides is 1. The standard InChI is InChI=1S/C11H18ClN3O/c1-8-4-3-5-9(6-8)15(2)11-14-13-10(7-12)16-11/h8-9H,3-7H2,1-2H3. The van der Waals surface area contributed by atoms with Gasteiger partial charge in [-0.3, -0.25) is 0 Å². The van der Waals surface area contributed by atoms with Crippen molar-refractivity contribution < 1.29 is 4.42 Å². The zero-order valence-corrected chi connectivity index (χ0v) is 10.6. The van der Waals surface area contributed by atoms with Crippen LogP contribution in [0, 0.1) is 5.92 Å². The molecule has 2 rings (SSSR count). The maximum atomic E-state index is 5.64. The molecule has 1 heterocycles. The molecule has 0 spiro atoms. The molecule has 1 aromatic heterocycles. The Kier molecular flexibility index (Phi) is 3.69. The van der Waals surface area contributed by atoms with Crippen molar-refractivity contribution in [1.29, 1.82) is 0 Å². The molecule has 16 heavy (non-hydrogen) atoms. The molecular formula is C11H18ClN3O. The summed E-state index contributed by atoms with van der Waals surface area (Å²) in [5, 5.41) is 7.89. The maximum Gasteiger partial charge on any atom is 0.318 e. The van der Waals surface area contributed by atoms with Gasteiger partial charge in [0.05, 0.1) is 0 Å². The van der Waals surface area contributed by atoms with Crippen molar-refractivity contribution in [3.05, 3.63) is 5.89 Å². The van der Waals surface area contributed by atoms with Crippen LogP contribution in [0.4, 0.5) is 6.01 Å². The maximum absolute atomic E-state index is 5.64. The summed E-state index contributed by atoms with van der Waals surface area (Å²) >= 11 is 5.64. The van der Waals surface area contributed by atoms with E-state index in [-0.39, 0.29) is 5.88 Å². The minimum Gasteiger partial charge on any atom is -0.407 e. The van der Waals surface area contributed by atoms with Gasteiger partial charge in [-0.2, -0.15) is 0 Å². The molecule has 2 unspecified atom stereocenters. The molecule has 90 valence electrons. The lowest BCUT2D eigenvalue weighted by Crippen LogP contribution is -2.35. The van der Waals surface area contributed by atoms with Crippen molar-refractivity contribution >= 4 is 17.6 Å². The van der Waals surface area contributed by atoms with E-state index < -0.39 is 0 Å². The van der Waals surface area contributed by atoms with Crippen LogP contribution in [0.25, 0.3) is 0 Å². The lowest BCUT2D eigenvalue weighted by molar-refractivity contribution is 0.326. The average molecular weight is 244 g/mol. The van der Waals surface area contributed by atoms with Gasteiger partial charge >= 0.3 is 6.01 Å². The van der Waals surface area contributed by atoms with Crippen molar-refractivity contribution in [2.24, 2.45) is 5.92 Å². The molecule has 1 fully saturated rings. The largest absolute Gasteiger partial charge is 0.407 e. The van der Waals surface area contributed by atoms with Gasteiger partial charge < -0.3 is 9.32 Å². The lowest BCUT2D eigenvalue weighted by Gasteiger charge is -2.32. The van der Waals surface area contributed by atoms with E-state index in [4.69, 9.17) is 16.0 Å². The summed E-state index contributed by atoms with van der Waals surface area (Å²) in [6.07, 6.45) is 5.03. The second-order valence-corrected chi connectivity index (χ2v) is 4.92. The quantitative estimate of drug-likeness (QED) is 0.766.